The van der Waals surface area contributed by atoms with Crippen molar-refractivity contribution in [2.45, 2.75) is 66.2 Å². The predicted octanol–water partition coefficient (Wildman–Crippen LogP) is 6.00. The minimum absolute atomic E-state index is 0.0794. The summed E-state index contributed by atoms with van der Waals surface area (Å²) in [6, 6.07) is 5.57. The van der Waals surface area contributed by atoms with Crippen LogP contribution in [0.5, 0.6) is 11.5 Å². The number of benzene rings is 1. The second-order valence-corrected chi connectivity index (χ2v) is 7.24. The summed E-state index contributed by atoms with van der Waals surface area (Å²) in [6.07, 6.45) is 4.06. The maximum atomic E-state index is 12.0. The smallest absolute Gasteiger partial charge is 0.377 e. The first-order valence-electron chi connectivity index (χ1n) is 10.6. The lowest BCUT2D eigenvalue weighted by molar-refractivity contribution is 0.0480. The second kappa shape index (κ2) is 11.5. The highest BCUT2D eigenvalue weighted by Gasteiger charge is 2.21. The largest absolute Gasteiger partial charge is 0.493 e. The number of ether oxygens (including phenoxy) is 3. The molecule has 0 spiro atoms. The summed E-state index contributed by atoms with van der Waals surface area (Å²) in [5.74, 6) is 1.32. The number of nitrogens with zero attached hydrogens (tertiary/aromatic N) is 1. The fourth-order valence-electron chi connectivity index (χ4n) is 2.83. The van der Waals surface area contributed by atoms with Gasteiger partial charge in [0, 0.05) is 17.7 Å². The normalized spacial score (nSPS) is 11.0. The Morgan fingerprint density at radius 1 is 1.00 bits per heavy atom. The van der Waals surface area contributed by atoms with Crippen molar-refractivity contribution < 1.29 is 23.5 Å². The van der Waals surface area contributed by atoms with Crippen molar-refractivity contribution in [3.05, 3.63) is 29.5 Å². The van der Waals surface area contributed by atoms with Gasteiger partial charge in [0.1, 0.15) is 17.2 Å². The Hall–Kier alpha value is -2.50. The summed E-state index contributed by atoms with van der Waals surface area (Å²) in [5, 5.41) is 4.09. The quantitative estimate of drug-likeness (QED) is 0.320. The van der Waals surface area contributed by atoms with Crippen LogP contribution in [0.2, 0.25) is 0 Å². The number of rotatable bonds is 12. The average molecular weight is 404 g/mol. The number of hydrogen-bond donors (Lipinski definition) is 0. The van der Waals surface area contributed by atoms with Crippen LogP contribution in [0.3, 0.4) is 0 Å². The minimum Gasteiger partial charge on any atom is -0.493 e. The van der Waals surface area contributed by atoms with E-state index < -0.39 is 5.97 Å². The van der Waals surface area contributed by atoms with E-state index in [1.807, 2.05) is 12.1 Å². The highest BCUT2D eigenvalue weighted by molar-refractivity contribution is 5.88. The topological polar surface area (TPSA) is 70.8 Å². The molecule has 0 amide bonds. The lowest BCUT2D eigenvalue weighted by atomic mass is 9.97. The molecule has 0 aliphatic rings. The van der Waals surface area contributed by atoms with E-state index in [4.69, 9.17) is 18.7 Å². The van der Waals surface area contributed by atoms with Gasteiger partial charge in [-0.05, 0) is 37.3 Å². The van der Waals surface area contributed by atoms with Crippen LogP contribution in [-0.2, 0) is 4.74 Å². The van der Waals surface area contributed by atoms with Crippen LogP contribution in [0.25, 0.3) is 11.3 Å². The zero-order valence-electron chi connectivity index (χ0n) is 18.2. The molecular formula is C23H33NO5. The number of unbranched alkanes of at least 4 members (excludes halogenated alkanes) is 2. The zero-order chi connectivity index (χ0) is 21.2. The van der Waals surface area contributed by atoms with Gasteiger partial charge >= 0.3 is 5.97 Å². The van der Waals surface area contributed by atoms with E-state index in [-0.39, 0.29) is 18.3 Å². The molecule has 0 N–H and O–H groups in total. The maximum Gasteiger partial charge on any atom is 0.377 e. The summed E-state index contributed by atoms with van der Waals surface area (Å²) >= 11 is 0. The van der Waals surface area contributed by atoms with Crippen molar-refractivity contribution in [2.24, 2.45) is 0 Å². The lowest BCUT2D eigenvalue weighted by Crippen LogP contribution is -2.05. The number of aromatic nitrogens is 1. The third kappa shape index (κ3) is 6.24. The molecule has 2 rings (SSSR count). The van der Waals surface area contributed by atoms with Gasteiger partial charge in [-0.2, -0.15) is 0 Å². The van der Waals surface area contributed by atoms with E-state index in [0.29, 0.717) is 24.7 Å². The SMILES string of the molecule is CCCCOc1cc(OCCCC)c(C(C)C)cc1-c1cc(C(=O)OCC)on1. The summed E-state index contributed by atoms with van der Waals surface area (Å²) in [4.78, 5) is 12.0. The van der Waals surface area contributed by atoms with Crippen molar-refractivity contribution in [1.82, 2.24) is 5.16 Å². The third-order valence-corrected chi connectivity index (χ3v) is 4.51. The fraction of sp³-hybridized carbons (Fsp3) is 0.565. The summed E-state index contributed by atoms with van der Waals surface area (Å²) in [6.45, 7) is 11.8. The minimum atomic E-state index is -0.525. The average Bonchev–Trinajstić information content (AvgIpc) is 3.18. The zero-order valence-corrected chi connectivity index (χ0v) is 18.2. The summed E-state index contributed by atoms with van der Waals surface area (Å²) < 4.78 is 22.3. The number of carbonyl (C=O) groups is 1. The van der Waals surface area contributed by atoms with Crippen LogP contribution in [0, 0.1) is 0 Å². The van der Waals surface area contributed by atoms with Crippen LogP contribution >= 0.6 is 0 Å². The summed E-state index contributed by atoms with van der Waals surface area (Å²) in [7, 11) is 0. The number of esters is 1. The molecule has 0 radical (unpaired) electrons. The van der Waals surface area contributed by atoms with E-state index in [2.05, 4.69) is 32.9 Å². The Balaban J connectivity index is 2.44. The number of hydrogen-bond acceptors (Lipinski definition) is 6. The lowest BCUT2D eigenvalue weighted by Gasteiger charge is -2.18. The van der Waals surface area contributed by atoms with Crippen molar-refractivity contribution in [3.8, 4) is 22.8 Å². The molecule has 6 heteroatoms. The third-order valence-electron chi connectivity index (χ3n) is 4.51. The molecule has 0 aliphatic carbocycles. The fourth-order valence-corrected chi connectivity index (χ4v) is 2.83. The van der Waals surface area contributed by atoms with E-state index in [9.17, 15) is 4.79 Å². The molecule has 1 aromatic heterocycles. The molecule has 29 heavy (non-hydrogen) atoms. The molecule has 6 nitrogen and oxygen atoms in total. The Bertz CT molecular complexity index is 782. The van der Waals surface area contributed by atoms with Gasteiger partial charge in [0.15, 0.2) is 0 Å². The molecule has 0 aliphatic heterocycles. The van der Waals surface area contributed by atoms with Gasteiger partial charge in [0.05, 0.1) is 19.8 Å². The van der Waals surface area contributed by atoms with Crippen LogP contribution in [-0.4, -0.2) is 30.9 Å². The first kappa shape index (κ1) is 22.8. The molecule has 0 bridgehead atoms. The van der Waals surface area contributed by atoms with Gasteiger partial charge < -0.3 is 18.7 Å². The molecular weight excluding hydrogens is 370 g/mol. The van der Waals surface area contributed by atoms with Crippen molar-refractivity contribution in [1.29, 1.82) is 0 Å². The van der Waals surface area contributed by atoms with Gasteiger partial charge in [-0.1, -0.05) is 45.7 Å². The standard InChI is InChI=1S/C23H33NO5/c1-6-9-11-27-20-15-21(28-12-10-7-2)18(13-17(20)16(4)5)19-14-22(29-24-19)23(25)26-8-3/h13-16H,6-12H2,1-5H3. The Morgan fingerprint density at radius 3 is 2.24 bits per heavy atom. The highest BCUT2D eigenvalue weighted by atomic mass is 16.6. The van der Waals surface area contributed by atoms with Gasteiger partial charge in [0.25, 0.3) is 0 Å². The van der Waals surface area contributed by atoms with Gasteiger partial charge in [-0.3, -0.25) is 0 Å². The maximum absolute atomic E-state index is 12.0. The van der Waals surface area contributed by atoms with E-state index in [0.717, 1.165) is 42.6 Å². The van der Waals surface area contributed by atoms with Crippen molar-refractivity contribution >= 4 is 5.97 Å². The van der Waals surface area contributed by atoms with Gasteiger partial charge in [-0.15, -0.1) is 0 Å². The van der Waals surface area contributed by atoms with Crippen molar-refractivity contribution in [3.63, 3.8) is 0 Å². The van der Waals surface area contributed by atoms with Crippen LogP contribution in [0.15, 0.2) is 22.7 Å². The van der Waals surface area contributed by atoms with Crippen molar-refractivity contribution in [2.75, 3.05) is 19.8 Å². The van der Waals surface area contributed by atoms with Gasteiger partial charge in [0.2, 0.25) is 5.76 Å². The van der Waals surface area contributed by atoms with Crippen LogP contribution in [0.1, 0.15) is 82.3 Å². The molecule has 2 aromatic rings. The summed E-state index contributed by atoms with van der Waals surface area (Å²) in [5.41, 5.74) is 2.40. The molecule has 0 atom stereocenters. The molecule has 160 valence electrons. The Kier molecular flexibility index (Phi) is 9.03. The first-order chi connectivity index (χ1) is 14.0. The van der Waals surface area contributed by atoms with Crippen LogP contribution < -0.4 is 9.47 Å². The molecule has 0 saturated heterocycles. The van der Waals surface area contributed by atoms with Crippen LogP contribution in [0.4, 0.5) is 0 Å². The highest BCUT2D eigenvalue weighted by Crippen LogP contribution is 2.39. The van der Waals surface area contributed by atoms with Gasteiger partial charge in [-0.25, -0.2) is 4.79 Å². The number of carbonyl (C=O) groups excluding carboxylic acids is 1. The first-order valence-corrected chi connectivity index (χ1v) is 10.6. The molecule has 1 heterocycles. The second-order valence-electron chi connectivity index (χ2n) is 7.24. The molecule has 0 unspecified atom stereocenters. The van der Waals surface area contributed by atoms with E-state index in [1.54, 1.807) is 13.0 Å². The Morgan fingerprint density at radius 2 is 1.66 bits per heavy atom. The van der Waals surface area contributed by atoms with E-state index in [1.165, 1.54) is 0 Å². The molecule has 0 saturated carbocycles. The predicted molar refractivity (Wildman–Crippen MR) is 113 cm³/mol. The molecule has 0 fully saturated rings. The molecule has 1 aromatic carbocycles. The Labute approximate surface area is 173 Å². The monoisotopic (exact) mass is 403 g/mol. The van der Waals surface area contributed by atoms with E-state index >= 15 is 0 Å².